The molecular formula is C12H20N4O. The first-order valence-electron chi connectivity index (χ1n) is 5.74. The summed E-state index contributed by atoms with van der Waals surface area (Å²) >= 11 is 0. The van der Waals surface area contributed by atoms with Crippen LogP contribution in [0, 0.1) is 0 Å². The number of anilines is 2. The quantitative estimate of drug-likeness (QED) is 0.806. The van der Waals surface area contributed by atoms with Crippen LogP contribution in [-0.4, -0.2) is 31.0 Å². The highest BCUT2D eigenvalue weighted by molar-refractivity contribution is 5.94. The van der Waals surface area contributed by atoms with Crippen molar-refractivity contribution < 1.29 is 4.79 Å². The number of nitrogens with one attached hydrogen (secondary N) is 1. The zero-order valence-electron chi connectivity index (χ0n) is 10.6. The molecule has 0 radical (unpaired) electrons. The number of amides is 1. The molecule has 0 bridgehead atoms. The van der Waals surface area contributed by atoms with Crippen LogP contribution in [0.1, 0.15) is 19.8 Å². The molecule has 5 nitrogen and oxygen atoms in total. The van der Waals surface area contributed by atoms with Gasteiger partial charge in [0.2, 0.25) is 5.91 Å². The van der Waals surface area contributed by atoms with Crippen LogP contribution in [0.25, 0.3) is 0 Å². The predicted octanol–water partition coefficient (Wildman–Crippen LogP) is 1.21. The van der Waals surface area contributed by atoms with Crippen LogP contribution in [0.3, 0.4) is 0 Å². The fraction of sp³-hybridized carbons (Fsp3) is 0.500. The van der Waals surface area contributed by atoms with E-state index in [4.69, 9.17) is 5.73 Å². The Morgan fingerprint density at radius 1 is 1.53 bits per heavy atom. The summed E-state index contributed by atoms with van der Waals surface area (Å²) in [5.41, 5.74) is 6.39. The molecule has 1 aromatic rings. The van der Waals surface area contributed by atoms with E-state index in [1.165, 1.54) is 0 Å². The maximum Gasteiger partial charge on any atom is 0.241 e. The van der Waals surface area contributed by atoms with E-state index < -0.39 is 6.04 Å². The van der Waals surface area contributed by atoms with Gasteiger partial charge in [0.15, 0.2) is 0 Å². The lowest BCUT2D eigenvalue weighted by atomic mass is 10.1. The monoisotopic (exact) mass is 236 g/mol. The lowest BCUT2D eigenvalue weighted by Crippen LogP contribution is -2.35. The van der Waals surface area contributed by atoms with Gasteiger partial charge in [-0.2, -0.15) is 0 Å². The number of carbonyl (C=O) groups is 1. The van der Waals surface area contributed by atoms with Gasteiger partial charge in [-0.25, -0.2) is 4.98 Å². The molecule has 5 heteroatoms. The predicted molar refractivity (Wildman–Crippen MR) is 70.1 cm³/mol. The van der Waals surface area contributed by atoms with E-state index in [0.717, 1.165) is 12.2 Å². The van der Waals surface area contributed by atoms with E-state index in [9.17, 15) is 4.79 Å². The molecule has 0 spiro atoms. The summed E-state index contributed by atoms with van der Waals surface area (Å²) in [6.07, 6.45) is 3.22. The molecule has 1 aromatic heterocycles. The lowest BCUT2D eigenvalue weighted by molar-refractivity contribution is -0.117. The molecular weight excluding hydrogens is 216 g/mol. The number of hydrogen-bond acceptors (Lipinski definition) is 4. The van der Waals surface area contributed by atoms with Crippen molar-refractivity contribution in [2.75, 3.05) is 24.3 Å². The number of nitrogens with two attached hydrogens (primary N) is 1. The van der Waals surface area contributed by atoms with Gasteiger partial charge in [0, 0.05) is 14.1 Å². The molecule has 0 aliphatic carbocycles. The minimum Gasteiger partial charge on any atom is -0.363 e. The summed E-state index contributed by atoms with van der Waals surface area (Å²) in [5.74, 6) is 0.687. The van der Waals surface area contributed by atoms with Crippen molar-refractivity contribution in [1.82, 2.24) is 4.98 Å². The van der Waals surface area contributed by atoms with Crippen LogP contribution in [0.4, 0.5) is 11.5 Å². The number of hydrogen-bond donors (Lipinski definition) is 2. The molecule has 0 unspecified atom stereocenters. The van der Waals surface area contributed by atoms with Crippen LogP contribution in [0.2, 0.25) is 0 Å². The fourth-order valence-corrected chi connectivity index (χ4v) is 1.40. The summed E-state index contributed by atoms with van der Waals surface area (Å²) in [5, 5.41) is 2.75. The van der Waals surface area contributed by atoms with E-state index in [-0.39, 0.29) is 5.91 Å². The SMILES string of the molecule is CCC[C@@H](N)C(=O)Nc1ccc(N(C)C)nc1. The molecule has 1 heterocycles. The van der Waals surface area contributed by atoms with Crippen LogP contribution in [0.5, 0.6) is 0 Å². The largest absolute Gasteiger partial charge is 0.363 e. The van der Waals surface area contributed by atoms with Crippen LogP contribution < -0.4 is 16.0 Å². The van der Waals surface area contributed by atoms with E-state index >= 15 is 0 Å². The Morgan fingerprint density at radius 3 is 2.71 bits per heavy atom. The molecule has 0 aliphatic rings. The summed E-state index contributed by atoms with van der Waals surface area (Å²) in [6.45, 7) is 2.00. The standard InChI is InChI=1S/C12H20N4O/c1-4-5-10(13)12(17)15-9-6-7-11(14-8-9)16(2)3/h6-8,10H,4-5,13H2,1-3H3,(H,15,17)/t10-/m1/s1. The van der Waals surface area contributed by atoms with Crippen LogP contribution in [-0.2, 0) is 4.79 Å². The Balaban J connectivity index is 2.60. The summed E-state index contributed by atoms with van der Waals surface area (Å²) < 4.78 is 0. The zero-order valence-corrected chi connectivity index (χ0v) is 10.6. The third-order valence-corrected chi connectivity index (χ3v) is 2.41. The Morgan fingerprint density at radius 2 is 2.24 bits per heavy atom. The first kappa shape index (κ1) is 13.4. The van der Waals surface area contributed by atoms with E-state index in [0.29, 0.717) is 12.1 Å². The van der Waals surface area contributed by atoms with Gasteiger partial charge in [-0.15, -0.1) is 0 Å². The van der Waals surface area contributed by atoms with E-state index in [2.05, 4.69) is 10.3 Å². The Kier molecular flexibility index (Phi) is 4.90. The summed E-state index contributed by atoms with van der Waals surface area (Å²) in [7, 11) is 3.83. The van der Waals surface area contributed by atoms with Crippen molar-refractivity contribution in [3.8, 4) is 0 Å². The van der Waals surface area contributed by atoms with Crippen molar-refractivity contribution in [3.05, 3.63) is 18.3 Å². The molecule has 17 heavy (non-hydrogen) atoms. The van der Waals surface area contributed by atoms with Gasteiger partial charge < -0.3 is 16.0 Å². The Bertz CT molecular complexity index is 361. The molecule has 0 saturated heterocycles. The number of nitrogens with zero attached hydrogens (tertiary/aromatic N) is 2. The highest BCUT2D eigenvalue weighted by atomic mass is 16.2. The molecule has 0 aromatic carbocycles. The van der Waals surface area contributed by atoms with E-state index in [1.54, 1.807) is 6.20 Å². The second-order valence-corrected chi connectivity index (χ2v) is 4.18. The Hall–Kier alpha value is -1.62. The smallest absolute Gasteiger partial charge is 0.241 e. The third kappa shape index (κ3) is 4.03. The molecule has 1 rings (SSSR count). The highest BCUT2D eigenvalue weighted by Gasteiger charge is 2.12. The van der Waals surface area contributed by atoms with Crippen LogP contribution >= 0.6 is 0 Å². The van der Waals surface area contributed by atoms with Crippen molar-refractivity contribution in [2.45, 2.75) is 25.8 Å². The molecule has 0 fully saturated rings. The maximum atomic E-state index is 11.6. The molecule has 0 aliphatic heterocycles. The van der Waals surface area contributed by atoms with Gasteiger partial charge in [-0.3, -0.25) is 4.79 Å². The van der Waals surface area contributed by atoms with Gasteiger partial charge >= 0.3 is 0 Å². The number of rotatable bonds is 5. The van der Waals surface area contributed by atoms with Crippen molar-refractivity contribution in [2.24, 2.45) is 5.73 Å². The molecule has 94 valence electrons. The van der Waals surface area contributed by atoms with Gasteiger partial charge in [-0.1, -0.05) is 13.3 Å². The number of aromatic nitrogens is 1. The third-order valence-electron chi connectivity index (χ3n) is 2.41. The molecule has 1 atom stereocenters. The minimum atomic E-state index is -0.450. The van der Waals surface area contributed by atoms with Gasteiger partial charge in [0.1, 0.15) is 5.82 Å². The van der Waals surface area contributed by atoms with Gasteiger partial charge in [0.05, 0.1) is 17.9 Å². The fourth-order valence-electron chi connectivity index (χ4n) is 1.40. The first-order chi connectivity index (χ1) is 8.04. The second-order valence-electron chi connectivity index (χ2n) is 4.18. The summed E-state index contributed by atoms with van der Waals surface area (Å²) in [4.78, 5) is 17.8. The average Bonchev–Trinajstić information content (AvgIpc) is 2.30. The lowest BCUT2D eigenvalue weighted by Gasteiger charge is -2.13. The van der Waals surface area contributed by atoms with Crippen molar-refractivity contribution in [3.63, 3.8) is 0 Å². The molecule has 3 N–H and O–H groups in total. The zero-order chi connectivity index (χ0) is 12.8. The normalized spacial score (nSPS) is 12.0. The van der Waals surface area contributed by atoms with Crippen molar-refractivity contribution in [1.29, 1.82) is 0 Å². The van der Waals surface area contributed by atoms with Crippen molar-refractivity contribution >= 4 is 17.4 Å². The van der Waals surface area contributed by atoms with Gasteiger partial charge in [-0.05, 0) is 18.6 Å². The average molecular weight is 236 g/mol. The Labute approximate surface area is 102 Å². The molecule has 0 saturated carbocycles. The van der Waals surface area contributed by atoms with E-state index in [1.807, 2.05) is 38.1 Å². The maximum absolute atomic E-state index is 11.6. The highest BCUT2D eigenvalue weighted by Crippen LogP contribution is 2.12. The first-order valence-corrected chi connectivity index (χ1v) is 5.74. The van der Waals surface area contributed by atoms with Crippen LogP contribution in [0.15, 0.2) is 18.3 Å². The molecule has 1 amide bonds. The number of pyridine rings is 1. The van der Waals surface area contributed by atoms with Gasteiger partial charge in [0.25, 0.3) is 0 Å². The summed E-state index contributed by atoms with van der Waals surface area (Å²) in [6, 6.07) is 3.22. The minimum absolute atomic E-state index is 0.161. The second kappa shape index (κ2) is 6.20. The topological polar surface area (TPSA) is 71.2 Å². The number of carbonyl (C=O) groups excluding carboxylic acids is 1.